The van der Waals surface area contributed by atoms with Gasteiger partial charge in [0.2, 0.25) is 5.91 Å². The Labute approximate surface area is 145 Å². The van der Waals surface area contributed by atoms with Gasteiger partial charge in [-0.3, -0.25) is 9.59 Å². The van der Waals surface area contributed by atoms with E-state index in [1.807, 2.05) is 43.9 Å². The maximum Gasteiger partial charge on any atom is 0.251 e. The number of hydrogen-bond acceptors (Lipinski definition) is 2. The van der Waals surface area contributed by atoms with Crippen molar-refractivity contribution < 1.29 is 9.59 Å². The number of nitrogens with one attached hydrogen (secondary N) is 1. The van der Waals surface area contributed by atoms with Crippen LogP contribution in [0, 0.1) is 12.8 Å². The van der Waals surface area contributed by atoms with E-state index in [-0.39, 0.29) is 17.7 Å². The Bertz CT molecular complexity index is 561. The fraction of sp³-hybridized carbons (Fsp3) is 0.600. The van der Waals surface area contributed by atoms with Crippen molar-refractivity contribution in [3.63, 3.8) is 0 Å². The number of carbonyl (C=O) groups is 2. The minimum absolute atomic E-state index is 0.0629. The number of carbonyl (C=O) groups excluding carboxylic acids is 2. The minimum atomic E-state index is -0.461. The number of hydrogen-bond donors (Lipinski definition) is 1. The third-order valence-corrected chi connectivity index (χ3v) is 4.67. The fourth-order valence-corrected chi connectivity index (χ4v) is 3.19. The van der Waals surface area contributed by atoms with Gasteiger partial charge in [0.1, 0.15) is 6.04 Å². The van der Waals surface area contributed by atoms with E-state index in [1.165, 1.54) is 19.3 Å². The average Bonchev–Trinajstić information content (AvgIpc) is 2.51. The number of likely N-dealkylation sites (tertiary alicyclic amines) is 1. The maximum atomic E-state index is 12.9. The Morgan fingerprint density at radius 3 is 2.25 bits per heavy atom. The van der Waals surface area contributed by atoms with Gasteiger partial charge < -0.3 is 10.2 Å². The molecule has 4 heteroatoms. The van der Waals surface area contributed by atoms with Crippen molar-refractivity contribution in [3.05, 3.63) is 35.4 Å². The van der Waals surface area contributed by atoms with Gasteiger partial charge in [-0.2, -0.15) is 0 Å². The van der Waals surface area contributed by atoms with Crippen LogP contribution in [-0.2, 0) is 4.79 Å². The molecule has 1 heterocycles. The van der Waals surface area contributed by atoms with Gasteiger partial charge in [-0.1, -0.05) is 50.8 Å². The molecule has 1 aromatic carbocycles. The molecule has 132 valence electrons. The molecule has 1 unspecified atom stereocenters. The van der Waals surface area contributed by atoms with Gasteiger partial charge in [0.05, 0.1) is 0 Å². The SMILES string of the molecule is Cc1cccc(C(=O)NC(C(=O)N2CCCCCCC2)C(C)C)c1. The lowest BCUT2D eigenvalue weighted by atomic mass is 10.0. The van der Waals surface area contributed by atoms with Gasteiger partial charge in [-0.25, -0.2) is 0 Å². The van der Waals surface area contributed by atoms with Gasteiger partial charge in [0.25, 0.3) is 5.91 Å². The molecule has 0 saturated carbocycles. The number of rotatable bonds is 4. The van der Waals surface area contributed by atoms with E-state index in [0.29, 0.717) is 5.56 Å². The summed E-state index contributed by atoms with van der Waals surface area (Å²) in [5, 5.41) is 2.96. The third kappa shape index (κ3) is 5.08. The Kier molecular flexibility index (Phi) is 6.83. The van der Waals surface area contributed by atoms with Crippen molar-refractivity contribution in [1.29, 1.82) is 0 Å². The van der Waals surface area contributed by atoms with Crippen molar-refractivity contribution in [2.24, 2.45) is 5.92 Å². The largest absolute Gasteiger partial charge is 0.341 e. The van der Waals surface area contributed by atoms with Crippen molar-refractivity contribution in [1.82, 2.24) is 10.2 Å². The van der Waals surface area contributed by atoms with Crippen LogP contribution in [-0.4, -0.2) is 35.8 Å². The van der Waals surface area contributed by atoms with E-state index in [1.54, 1.807) is 6.07 Å². The number of amides is 2. The van der Waals surface area contributed by atoms with Crippen LogP contribution in [0.5, 0.6) is 0 Å². The number of aryl methyl sites for hydroxylation is 1. The first-order valence-electron chi connectivity index (χ1n) is 9.15. The Balaban J connectivity index is 2.07. The smallest absolute Gasteiger partial charge is 0.251 e. The molecule has 1 fully saturated rings. The lowest BCUT2D eigenvalue weighted by molar-refractivity contribution is -0.134. The summed E-state index contributed by atoms with van der Waals surface area (Å²) < 4.78 is 0. The summed E-state index contributed by atoms with van der Waals surface area (Å²) in [5.74, 6) is -0.0394. The Morgan fingerprint density at radius 2 is 1.67 bits per heavy atom. The van der Waals surface area contributed by atoms with E-state index in [4.69, 9.17) is 0 Å². The van der Waals surface area contributed by atoms with Crippen LogP contribution in [0.1, 0.15) is 61.9 Å². The van der Waals surface area contributed by atoms with Crippen molar-refractivity contribution in [3.8, 4) is 0 Å². The van der Waals surface area contributed by atoms with E-state index >= 15 is 0 Å². The van der Waals surface area contributed by atoms with Gasteiger partial charge in [0.15, 0.2) is 0 Å². The predicted molar refractivity (Wildman–Crippen MR) is 96.9 cm³/mol. The van der Waals surface area contributed by atoms with Crippen LogP contribution in [0.15, 0.2) is 24.3 Å². The van der Waals surface area contributed by atoms with Crippen LogP contribution in [0.25, 0.3) is 0 Å². The van der Waals surface area contributed by atoms with Crippen LogP contribution in [0.3, 0.4) is 0 Å². The van der Waals surface area contributed by atoms with Crippen molar-refractivity contribution in [2.45, 2.75) is 58.9 Å². The molecule has 0 radical (unpaired) electrons. The molecule has 1 aliphatic heterocycles. The van der Waals surface area contributed by atoms with Crippen LogP contribution < -0.4 is 5.32 Å². The first-order chi connectivity index (χ1) is 11.5. The number of nitrogens with zero attached hydrogens (tertiary/aromatic N) is 1. The van der Waals surface area contributed by atoms with E-state index in [0.717, 1.165) is 31.5 Å². The molecule has 1 aromatic rings. The summed E-state index contributed by atoms with van der Waals surface area (Å²) in [6.07, 6.45) is 5.75. The lowest BCUT2D eigenvalue weighted by Gasteiger charge is -2.31. The molecular formula is C20H30N2O2. The second-order valence-corrected chi connectivity index (χ2v) is 7.16. The highest BCUT2D eigenvalue weighted by molar-refractivity contribution is 5.97. The van der Waals surface area contributed by atoms with Gasteiger partial charge >= 0.3 is 0 Å². The second kappa shape index (κ2) is 8.86. The molecule has 24 heavy (non-hydrogen) atoms. The Morgan fingerprint density at radius 1 is 1.04 bits per heavy atom. The molecule has 2 amide bonds. The first-order valence-corrected chi connectivity index (χ1v) is 9.15. The topological polar surface area (TPSA) is 49.4 Å². The molecule has 0 spiro atoms. The molecule has 1 N–H and O–H groups in total. The highest BCUT2D eigenvalue weighted by Crippen LogP contribution is 2.14. The first kappa shape index (κ1) is 18.5. The molecule has 1 saturated heterocycles. The highest BCUT2D eigenvalue weighted by Gasteiger charge is 2.29. The summed E-state index contributed by atoms with van der Waals surface area (Å²) in [6, 6.07) is 7.02. The zero-order valence-electron chi connectivity index (χ0n) is 15.2. The maximum absolute atomic E-state index is 12.9. The van der Waals surface area contributed by atoms with E-state index in [9.17, 15) is 9.59 Å². The van der Waals surface area contributed by atoms with Crippen molar-refractivity contribution >= 4 is 11.8 Å². The second-order valence-electron chi connectivity index (χ2n) is 7.16. The summed E-state index contributed by atoms with van der Waals surface area (Å²) >= 11 is 0. The summed E-state index contributed by atoms with van der Waals surface area (Å²) in [4.78, 5) is 27.4. The molecule has 0 bridgehead atoms. The monoisotopic (exact) mass is 330 g/mol. The summed E-state index contributed by atoms with van der Waals surface area (Å²) in [6.45, 7) is 7.55. The molecule has 0 aromatic heterocycles. The fourth-order valence-electron chi connectivity index (χ4n) is 3.19. The molecular weight excluding hydrogens is 300 g/mol. The standard InChI is InChI=1S/C20H30N2O2/c1-15(2)18(20(24)22-12-7-5-4-6-8-13-22)21-19(23)17-11-9-10-16(3)14-17/h9-11,14-15,18H,4-8,12-13H2,1-3H3,(H,21,23). The summed E-state index contributed by atoms with van der Waals surface area (Å²) in [7, 11) is 0. The van der Waals surface area contributed by atoms with E-state index < -0.39 is 6.04 Å². The molecule has 4 nitrogen and oxygen atoms in total. The minimum Gasteiger partial charge on any atom is -0.341 e. The van der Waals surface area contributed by atoms with Crippen LogP contribution in [0.2, 0.25) is 0 Å². The molecule has 1 atom stereocenters. The van der Waals surface area contributed by atoms with Crippen molar-refractivity contribution in [2.75, 3.05) is 13.1 Å². The molecule has 0 aliphatic carbocycles. The van der Waals surface area contributed by atoms with Gasteiger partial charge in [0, 0.05) is 18.7 Å². The zero-order valence-corrected chi connectivity index (χ0v) is 15.2. The van der Waals surface area contributed by atoms with E-state index in [2.05, 4.69) is 5.32 Å². The van der Waals surface area contributed by atoms with Gasteiger partial charge in [-0.15, -0.1) is 0 Å². The lowest BCUT2D eigenvalue weighted by Crippen LogP contribution is -2.51. The van der Waals surface area contributed by atoms with Crippen LogP contribution in [0.4, 0.5) is 0 Å². The Hall–Kier alpha value is -1.84. The average molecular weight is 330 g/mol. The predicted octanol–water partition coefficient (Wildman–Crippen LogP) is 3.54. The quantitative estimate of drug-likeness (QED) is 0.918. The highest BCUT2D eigenvalue weighted by atomic mass is 16.2. The summed E-state index contributed by atoms with van der Waals surface area (Å²) in [5.41, 5.74) is 1.65. The number of benzene rings is 1. The zero-order chi connectivity index (χ0) is 17.5. The normalized spacial score (nSPS) is 17.1. The molecule has 1 aliphatic rings. The molecule has 2 rings (SSSR count). The van der Waals surface area contributed by atoms with Gasteiger partial charge in [-0.05, 0) is 37.8 Å². The third-order valence-electron chi connectivity index (χ3n) is 4.67. The van der Waals surface area contributed by atoms with Crippen LogP contribution >= 0.6 is 0 Å².